The molecule has 0 aromatic rings. The van der Waals surface area contributed by atoms with Crippen LogP contribution in [0.15, 0.2) is 0 Å². The lowest BCUT2D eigenvalue weighted by molar-refractivity contribution is -0.131. The van der Waals surface area contributed by atoms with Crippen LogP contribution in [-0.2, 0) is 4.79 Å². The Morgan fingerprint density at radius 2 is 2.19 bits per heavy atom. The molecule has 0 aromatic carbocycles. The molecule has 1 aliphatic heterocycles. The summed E-state index contributed by atoms with van der Waals surface area (Å²) in [5, 5.41) is 2.92. The minimum absolute atomic E-state index is 0. The SMILES string of the molecule is CN(CCC1CC1)C(=O)[C@H]1C[C@H](F)CN1.Cl. The fourth-order valence-corrected chi connectivity index (χ4v) is 2.04. The van der Waals surface area contributed by atoms with Gasteiger partial charge in [-0.1, -0.05) is 12.8 Å². The Morgan fingerprint density at radius 3 is 2.69 bits per heavy atom. The molecule has 94 valence electrons. The average molecular weight is 251 g/mol. The molecule has 1 heterocycles. The number of carbonyl (C=O) groups is 1. The summed E-state index contributed by atoms with van der Waals surface area (Å²) in [6.07, 6.45) is 3.23. The van der Waals surface area contributed by atoms with Gasteiger partial charge in [0.1, 0.15) is 6.17 Å². The van der Waals surface area contributed by atoms with Crippen LogP contribution >= 0.6 is 12.4 Å². The van der Waals surface area contributed by atoms with Crippen LogP contribution in [0, 0.1) is 5.92 Å². The van der Waals surface area contributed by atoms with E-state index in [4.69, 9.17) is 0 Å². The maximum Gasteiger partial charge on any atom is 0.239 e. The summed E-state index contributed by atoms with van der Waals surface area (Å²) < 4.78 is 12.9. The van der Waals surface area contributed by atoms with Crippen LogP contribution in [0.2, 0.25) is 0 Å². The normalized spacial score (nSPS) is 28.6. The van der Waals surface area contributed by atoms with Crippen LogP contribution in [0.1, 0.15) is 25.7 Å². The van der Waals surface area contributed by atoms with E-state index < -0.39 is 6.17 Å². The number of amides is 1. The van der Waals surface area contributed by atoms with Crippen molar-refractivity contribution in [2.24, 2.45) is 5.92 Å². The van der Waals surface area contributed by atoms with Gasteiger partial charge in [0.05, 0.1) is 6.04 Å². The van der Waals surface area contributed by atoms with E-state index in [0.717, 1.165) is 18.9 Å². The smallest absolute Gasteiger partial charge is 0.239 e. The maximum atomic E-state index is 12.9. The Morgan fingerprint density at radius 1 is 1.50 bits per heavy atom. The second kappa shape index (κ2) is 5.82. The molecule has 2 rings (SSSR count). The molecule has 1 amide bonds. The van der Waals surface area contributed by atoms with Crippen molar-refractivity contribution < 1.29 is 9.18 Å². The zero-order valence-electron chi connectivity index (χ0n) is 9.62. The molecule has 1 aliphatic carbocycles. The van der Waals surface area contributed by atoms with Crippen LogP contribution in [0.4, 0.5) is 4.39 Å². The molecule has 1 saturated heterocycles. The minimum atomic E-state index is -0.851. The fraction of sp³-hybridized carbons (Fsp3) is 0.909. The van der Waals surface area contributed by atoms with Crippen molar-refractivity contribution in [3.8, 4) is 0 Å². The van der Waals surface area contributed by atoms with Gasteiger partial charge >= 0.3 is 0 Å². The highest BCUT2D eigenvalue weighted by Gasteiger charge is 2.31. The summed E-state index contributed by atoms with van der Waals surface area (Å²) in [5.41, 5.74) is 0. The molecule has 0 spiro atoms. The zero-order valence-corrected chi connectivity index (χ0v) is 10.4. The van der Waals surface area contributed by atoms with Gasteiger partial charge in [0.2, 0.25) is 5.91 Å². The first kappa shape index (κ1) is 13.7. The largest absolute Gasteiger partial charge is 0.344 e. The number of hydrogen-bond acceptors (Lipinski definition) is 2. The first-order valence-corrected chi connectivity index (χ1v) is 5.79. The van der Waals surface area contributed by atoms with Gasteiger partial charge in [0, 0.05) is 26.6 Å². The molecule has 1 saturated carbocycles. The predicted molar refractivity (Wildman–Crippen MR) is 63.5 cm³/mol. The third-order valence-electron chi connectivity index (χ3n) is 3.32. The van der Waals surface area contributed by atoms with E-state index in [1.165, 1.54) is 12.8 Å². The third kappa shape index (κ3) is 3.59. The van der Waals surface area contributed by atoms with E-state index in [1.807, 2.05) is 7.05 Å². The lowest BCUT2D eigenvalue weighted by Crippen LogP contribution is -2.42. The predicted octanol–water partition coefficient (Wildman–Crippen LogP) is 1.37. The van der Waals surface area contributed by atoms with E-state index in [1.54, 1.807) is 4.90 Å². The fourth-order valence-electron chi connectivity index (χ4n) is 2.04. The molecule has 0 unspecified atom stereocenters. The number of alkyl halides is 1. The topological polar surface area (TPSA) is 32.3 Å². The molecule has 2 atom stereocenters. The first-order chi connectivity index (χ1) is 7.16. The summed E-state index contributed by atoms with van der Waals surface area (Å²) in [7, 11) is 1.82. The van der Waals surface area contributed by atoms with E-state index in [0.29, 0.717) is 13.0 Å². The van der Waals surface area contributed by atoms with Crippen molar-refractivity contribution in [1.82, 2.24) is 10.2 Å². The van der Waals surface area contributed by atoms with Gasteiger partial charge in [0.25, 0.3) is 0 Å². The first-order valence-electron chi connectivity index (χ1n) is 5.79. The molecule has 0 aromatic heterocycles. The highest BCUT2D eigenvalue weighted by Crippen LogP contribution is 2.32. The Labute approximate surface area is 102 Å². The monoisotopic (exact) mass is 250 g/mol. The number of halogens is 2. The Bertz CT molecular complexity index is 248. The second-order valence-corrected chi connectivity index (χ2v) is 4.79. The molecule has 5 heteroatoms. The van der Waals surface area contributed by atoms with Crippen molar-refractivity contribution in [3.05, 3.63) is 0 Å². The van der Waals surface area contributed by atoms with Crippen LogP contribution in [-0.4, -0.2) is 43.2 Å². The van der Waals surface area contributed by atoms with Crippen molar-refractivity contribution in [2.45, 2.75) is 37.9 Å². The number of nitrogens with one attached hydrogen (secondary N) is 1. The van der Waals surface area contributed by atoms with E-state index >= 15 is 0 Å². The maximum absolute atomic E-state index is 12.9. The van der Waals surface area contributed by atoms with Gasteiger partial charge in [0.15, 0.2) is 0 Å². The lowest BCUT2D eigenvalue weighted by Gasteiger charge is -2.20. The third-order valence-corrected chi connectivity index (χ3v) is 3.32. The molecular formula is C11H20ClFN2O. The van der Waals surface area contributed by atoms with Gasteiger partial charge in [-0.3, -0.25) is 4.79 Å². The second-order valence-electron chi connectivity index (χ2n) is 4.79. The van der Waals surface area contributed by atoms with Crippen molar-refractivity contribution in [2.75, 3.05) is 20.1 Å². The van der Waals surface area contributed by atoms with Gasteiger partial charge in [-0.15, -0.1) is 12.4 Å². The van der Waals surface area contributed by atoms with E-state index in [-0.39, 0.29) is 24.4 Å². The quantitative estimate of drug-likeness (QED) is 0.817. The standard InChI is InChI=1S/C11H19FN2O.ClH/c1-14(5-4-8-2-3-8)11(15)10-6-9(12)7-13-10;/h8-10,13H,2-7H2,1H3;1H/t9-,10+;/m0./s1. The number of nitrogens with zero attached hydrogens (tertiary/aromatic N) is 1. The summed E-state index contributed by atoms with van der Waals surface area (Å²) in [6, 6.07) is -0.288. The average Bonchev–Trinajstić information content (AvgIpc) is 2.95. The number of hydrogen-bond donors (Lipinski definition) is 1. The Kier molecular flexibility index (Phi) is 4.99. The van der Waals surface area contributed by atoms with Gasteiger partial charge in [-0.2, -0.15) is 0 Å². The van der Waals surface area contributed by atoms with Gasteiger partial charge in [-0.05, 0) is 12.3 Å². The minimum Gasteiger partial charge on any atom is -0.344 e. The number of rotatable bonds is 4. The van der Waals surface area contributed by atoms with Crippen LogP contribution in [0.3, 0.4) is 0 Å². The molecular weight excluding hydrogens is 231 g/mol. The molecule has 16 heavy (non-hydrogen) atoms. The number of likely N-dealkylation sites (N-methyl/N-ethyl adjacent to an activating group) is 1. The number of carbonyl (C=O) groups excluding carboxylic acids is 1. The van der Waals surface area contributed by atoms with Crippen molar-refractivity contribution in [3.63, 3.8) is 0 Å². The zero-order chi connectivity index (χ0) is 10.8. The van der Waals surface area contributed by atoms with Crippen LogP contribution in [0.25, 0.3) is 0 Å². The van der Waals surface area contributed by atoms with Crippen molar-refractivity contribution >= 4 is 18.3 Å². The van der Waals surface area contributed by atoms with Gasteiger partial charge in [-0.25, -0.2) is 4.39 Å². The Balaban J connectivity index is 0.00000128. The molecule has 2 fully saturated rings. The molecule has 3 nitrogen and oxygen atoms in total. The summed E-state index contributed by atoms with van der Waals surface area (Å²) in [6.45, 7) is 1.14. The highest BCUT2D eigenvalue weighted by molar-refractivity contribution is 5.85. The van der Waals surface area contributed by atoms with Crippen molar-refractivity contribution in [1.29, 1.82) is 0 Å². The van der Waals surface area contributed by atoms with Gasteiger partial charge < -0.3 is 10.2 Å². The summed E-state index contributed by atoms with van der Waals surface area (Å²) in [4.78, 5) is 13.6. The molecule has 0 bridgehead atoms. The summed E-state index contributed by atoms with van der Waals surface area (Å²) >= 11 is 0. The molecule has 1 N–H and O–H groups in total. The highest BCUT2D eigenvalue weighted by atomic mass is 35.5. The molecule has 2 aliphatic rings. The summed E-state index contributed by atoms with van der Waals surface area (Å²) in [5.74, 6) is 0.890. The van der Waals surface area contributed by atoms with Crippen LogP contribution < -0.4 is 5.32 Å². The van der Waals surface area contributed by atoms with Crippen LogP contribution in [0.5, 0.6) is 0 Å². The Hall–Kier alpha value is -0.350. The lowest BCUT2D eigenvalue weighted by atomic mass is 10.2. The van der Waals surface area contributed by atoms with E-state index in [9.17, 15) is 9.18 Å². The molecule has 0 radical (unpaired) electrons. The van der Waals surface area contributed by atoms with E-state index in [2.05, 4.69) is 5.32 Å².